The first-order valence-electron chi connectivity index (χ1n) is 10.8. The molecule has 0 bridgehead atoms. The van der Waals surface area contributed by atoms with Crippen LogP contribution in [-0.2, 0) is 12.8 Å². The normalized spacial score (nSPS) is 20.2. The molecule has 1 heteroatoms. The van der Waals surface area contributed by atoms with Gasteiger partial charge in [0.1, 0.15) is 0 Å². The van der Waals surface area contributed by atoms with Gasteiger partial charge in [0.25, 0.3) is 0 Å². The molecular formula is C25H35N. The Bertz CT molecular complexity index is 633. The van der Waals surface area contributed by atoms with Gasteiger partial charge >= 0.3 is 0 Å². The molecule has 0 radical (unpaired) electrons. The lowest BCUT2D eigenvalue weighted by Gasteiger charge is -2.28. The molecule has 2 aromatic rings. The second kappa shape index (κ2) is 9.90. The summed E-state index contributed by atoms with van der Waals surface area (Å²) in [7, 11) is 0. The first kappa shape index (κ1) is 19.1. The Hall–Kier alpha value is -1.63. The van der Waals surface area contributed by atoms with Crippen LogP contribution in [0.2, 0.25) is 0 Å². The van der Waals surface area contributed by atoms with Gasteiger partial charge in [0, 0.05) is 11.8 Å². The monoisotopic (exact) mass is 349 g/mol. The van der Waals surface area contributed by atoms with Gasteiger partial charge in [-0.15, -0.1) is 0 Å². The lowest BCUT2D eigenvalue weighted by molar-refractivity contribution is 0.250. The van der Waals surface area contributed by atoms with Gasteiger partial charge in [0.2, 0.25) is 0 Å². The van der Waals surface area contributed by atoms with Crippen LogP contribution in [0.4, 0.5) is 0 Å². The Kier molecular flexibility index (Phi) is 7.29. The van der Waals surface area contributed by atoms with Gasteiger partial charge < -0.3 is 0 Å². The van der Waals surface area contributed by atoms with Gasteiger partial charge in [0.05, 0.1) is 5.69 Å². The number of rotatable bonds is 8. The summed E-state index contributed by atoms with van der Waals surface area (Å²) in [4.78, 5) is 4.60. The zero-order chi connectivity index (χ0) is 18.2. The second-order valence-corrected chi connectivity index (χ2v) is 8.17. The molecule has 3 rings (SSSR count). The Labute approximate surface area is 160 Å². The molecule has 0 aliphatic heterocycles. The minimum atomic E-state index is 0.954. The summed E-state index contributed by atoms with van der Waals surface area (Å²) < 4.78 is 0. The molecule has 1 fully saturated rings. The summed E-state index contributed by atoms with van der Waals surface area (Å²) in [6.07, 6.45) is 15.8. The van der Waals surface area contributed by atoms with Gasteiger partial charge in [-0.05, 0) is 48.3 Å². The van der Waals surface area contributed by atoms with Crippen molar-refractivity contribution in [1.29, 1.82) is 0 Å². The van der Waals surface area contributed by atoms with Crippen LogP contribution in [0.5, 0.6) is 0 Å². The van der Waals surface area contributed by atoms with Crippen molar-refractivity contribution in [1.82, 2.24) is 4.98 Å². The summed E-state index contributed by atoms with van der Waals surface area (Å²) >= 11 is 0. The molecule has 0 unspecified atom stereocenters. The molecule has 1 saturated carbocycles. The van der Waals surface area contributed by atoms with Crippen LogP contribution in [0.1, 0.15) is 76.3 Å². The molecule has 0 N–H and O–H groups in total. The second-order valence-electron chi connectivity index (χ2n) is 8.17. The van der Waals surface area contributed by atoms with E-state index in [1.165, 1.54) is 74.5 Å². The maximum Gasteiger partial charge on any atom is 0.0702 e. The van der Waals surface area contributed by atoms with Crippen molar-refractivity contribution in [3.8, 4) is 11.3 Å². The molecular weight excluding hydrogens is 314 g/mol. The van der Waals surface area contributed by atoms with Crippen molar-refractivity contribution in [3.63, 3.8) is 0 Å². The van der Waals surface area contributed by atoms with Crippen LogP contribution in [0.3, 0.4) is 0 Å². The quantitative estimate of drug-likeness (QED) is 0.489. The zero-order valence-electron chi connectivity index (χ0n) is 16.7. The van der Waals surface area contributed by atoms with Crippen molar-refractivity contribution in [2.24, 2.45) is 11.8 Å². The molecule has 0 saturated heterocycles. The SMILES string of the molecule is CCCCC1CCC(CCc2ccc(-c3ccc(CC)cn3)cc2)CC1. The topological polar surface area (TPSA) is 12.9 Å². The Morgan fingerprint density at radius 3 is 2.04 bits per heavy atom. The fourth-order valence-corrected chi connectivity index (χ4v) is 4.32. The van der Waals surface area contributed by atoms with Crippen LogP contribution >= 0.6 is 0 Å². The summed E-state index contributed by atoms with van der Waals surface area (Å²) in [6, 6.07) is 13.4. The van der Waals surface area contributed by atoms with E-state index in [4.69, 9.17) is 0 Å². The molecule has 1 nitrogen and oxygen atoms in total. The summed E-state index contributed by atoms with van der Waals surface area (Å²) in [5, 5.41) is 0. The van der Waals surface area contributed by atoms with Crippen molar-refractivity contribution in [2.45, 2.75) is 78.1 Å². The van der Waals surface area contributed by atoms with Gasteiger partial charge in [-0.3, -0.25) is 4.98 Å². The number of aromatic nitrogens is 1. The van der Waals surface area contributed by atoms with Gasteiger partial charge in [0.15, 0.2) is 0 Å². The van der Waals surface area contributed by atoms with Crippen molar-refractivity contribution < 1.29 is 0 Å². The minimum absolute atomic E-state index is 0.954. The maximum atomic E-state index is 4.60. The third-order valence-corrected chi connectivity index (χ3v) is 6.26. The molecule has 1 aromatic heterocycles. The highest BCUT2D eigenvalue weighted by Gasteiger charge is 2.20. The van der Waals surface area contributed by atoms with Crippen LogP contribution < -0.4 is 0 Å². The summed E-state index contributed by atoms with van der Waals surface area (Å²) in [6.45, 7) is 4.48. The van der Waals surface area contributed by atoms with E-state index in [1.54, 1.807) is 0 Å². The average molecular weight is 350 g/mol. The fraction of sp³-hybridized carbons (Fsp3) is 0.560. The number of aryl methyl sites for hydroxylation is 2. The number of pyridine rings is 1. The van der Waals surface area contributed by atoms with Crippen molar-refractivity contribution in [2.75, 3.05) is 0 Å². The van der Waals surface area contributed by atoms with Gasteiger partial charge in [-0.2, -0.15) is 0 Å². The third kappa shape index (κ3) is 5.43. The Balaban J connectivity index is 1.46. The fourth-order valence-electron chi connectivity index (χ4n) is 4.32. The average Bonchev–Trinajstić information content (AvgIpc) is 2.72. The van der Waals surface area contributed by atoms with Crippen LogP contribution in [0, 0.1) is 11.8 Å². The van der Waals surface area contributed by atoms with Crippen LogP contribution in [0.25, 0.3) is 11.3 Å². The number of benzene rings is 1. The molecule has 1 aliphatic carbocycles. The first-order valence-corrected chi connectivity index (χ1v) is 10.8. The smallest absolute Gasteiger partial charge is 0.0702 e. The van der Waals surface area contributed by atoms with Crippen LogP contribution in [0.15, 0.2) is 42.6 Å². The first-order chi connectivity index (χ1) is 12.8. The van der Waals surface area contributed by atoms with E-state index in [0.717, 1.165) is 24.0 Å². The number of nitrogens with zero attached hydrogens (tertiary/aromatic N) is 1. The highest BCUT2D eigenvalue weighted by molar-refractivity contribution is 5.59. The van der Waals surface area contributed by atoms with E-state index < -0.39 is 0 Å². The zero-order valence-corrected chi connectivity index (χ0v) is 16.7. The molecule has 140 valence electrons. The molecule has 26 heavy (non-hydrogen) atoms. The molecule has 1 heterocycles. The Morgan fingerprint density at radius 1 is 0.808 bits per heavy atom. The predicted molar refractivity (Wildman–Crippen MR) is 112 cm³/mol. The molecule has 0 spiro atoms. The van der Waals surface area contributed by atoms with E-state index in [9.17, 15) is 0 Å². The standard InChI is InChI=1S/C25H35N/c1-3-5-6-21-7-9-22(10-8-21)11-12-23-13-16-24(17-14-23)25-18-15-20(4-2)19-26-25/h13-19,21-22H,3-12H2,1-2H3. The van der Waals surface area contributed by atoms with E-state index in [1.807, 2.05) is 6.20 Å². The minimum Gasteiger partial charge on any atom is -0.256 e. The molecule has 0 atom stereocenters. The number of unbranched alkanes of at least 4 members (excludes halogenated alkanes) is 1. The summed E-state index contributed by atoms with van der Waals surface area (Å²) in [5.41, 5.74) is 5.09. The van der Waals surface area contributed by atoms with Crippen molar-refractivity contribution in [3.05, 3.63) is 53.7 Å². The van der Waals surface area contributed by atoms with E-state index in [2.05, 4.69) is 55.2 Å². The maximum absolute atomic E-state index is 4.60. The largest absolute Gasteiger partial charge is 0.256 e. The lowest BCUT2D eigenvalue weighted by Crippen LogP contribution is -2.15. The molecule has 0 amide bonds. The van der Waals surface area contributed by atoms with Crippen LogP contribution in [-0.4, -0.2) is 4.98 Å². The predicted octanol–water partition coefficient (Wildman–Crippen LogP) is 7.24. The van der Waals surface area contributed by atoms with E-state index >= 15 is 0 Å². The Morgan fingerprint density at radius 2 is 1.46 bits per heavy atom. The van der Waals surface area contributed by atoms with E-state index in [-0.39, 0.29) is 0 Å². The van der Waals surface area contributed by atoms with Gasteiger partial charge in [-0.1, -0.05) is 89.1 Å². The van der Waals surface area contributed by atoms with Gasteiger partial charge in [-0.25, -0.2) is 0 Å². The molecule has 1 aliphatic rings. The van der Waals surface area contributed by atoms with E-state index in [0.29, 0.717) is 0 Å². The third-order valence-electron chi connectivity index (χ3n) is 6.26. The number of hydrogen-bond donors (Lipinski definition) is 0. The highest BCUT2D eigenvalue weighted by atomic mass is 14.7. The highest BCUT2D eigenvalue weighted by Crippen LogP contribution is 2.34. The summed E-state index contributed by atoms with van der Waals surface area (Å²) in [5.74, 6) is 1.98. The molecule has 1 aromatic carbocycles. The number of hydrogen-bond acceptors (Lipinski definition) is 1. The lowest BCUT2D eigenvalue weighted by atomic mass is 9.78. The van der Waals surface area contributed by atoms with Crippen molar-refractivity contribution >= 4 is 0 Å².